The number of fused-ring (bicyclic) bond motifs is 1. The molecule has 1 aliphatic rings. The molecule has 3 N–H and O–H groups in total. The van der Waals surface area contributed by atoms with E-state index in [4.69, 9.17) is 10.4 Å². The van der Waals surface area contributed by atoms with Gasteiger partial charge < -0.3 is 10.6 Å². The van der Waals surface area contributed by atoms with E-state index in [0.29, 0.717) is 18.0 Å². The maximum Gasteiger partial charge on any atom is 0.293 e. The van der Waals surface area contributed by atoms with Crippen LogP contribution in [-0.4, -0.2) is 43.5 Å². The van der Waals surface area contributed by atoms with Crippen LogP contribution in [0.4, 0.5) is 11.5 Å². The molecule has 5 rings (SSSR count). The van der Waals surface area contributed by atoms with E-state index in [1.165, 1.54) is 15.1 Å². The Balaban J connectivity index is 1.48. The molecule has 0 saturated heterocycles. The molecule has 4 heterocycles. The van der Waals surface area contributed by atoms with Crippen LogP contribution in [0.1, 0.15) is 50.4 Å². The second kappa shape index (κ2) is 9.29. The number of benzene rings is 1. The summed E-state index contributed by atoms with van der Waals surface area (Å²) < 4.78 is 6.17. The van der Waals surface area contributed by atoms with Crippen LogP contribution >= 0.6 is 11.3 Å². The number of thiophene rings is 1. The minimum Gasteiger partial charge on any atom is -0.378 e. The third-order valence-corrected chi connectivity index (χ3v) is 6.94. The molecule has 1 amide bonds. The third-order valence-electron chi connectivity index (χ3n) is 5.98. The highest BCUT2D eigenvalue weighted by atomic mass is 32.1. The third kappa shape index (κ3) is 4.39. The van der Waals surface area contributed by atoms with Crippen molar-refractivity contribution in [1.82, 2.24) is 30.7 Å². The number of carbonyl (C=O) groups excluding carboxylic acids is 1. The van der Waals surface area contributed by atoms with E-state index in [-0.39, 0.29) is 17.3 Å². The first-order chi connectivity index (χ1) is 16.9. The van der Waals surface area contributed by atoms with Crippen LogP contribution < -0.4 is 16.1 Å². The predicted octanol–water partition coefficient (Wildman–Crippen LogP) is 3.02. The molecule has 0 unspecified atom stereocenters. The molecule has 1 aromatic carbocycles. The minimum atomic E-state index is -0.476. The van der Waals surface area contributed by atoms with Crippen molar-refractivity contribution in [3.05, 3.63) is 62.6 Å². The highest BCUT2D eigenvalue weighted by Gasteiger charge is 2.27. The Hall–Kier alpha value is -4.06. The van der Waals surface area contributed by atoms with Crippen molar-refractivity contribution in [3.8, 4) is 5.82 Å². The number of nitrogens with two attached hydrogens (primary N) is 1. The van der Waals surface area contributed by atoms with E-state index < -0.39 is 5.91 Å². The number of amides is 1. The van der Waals surface area contributed by atoms with Gasteiger partial charge in [0, 0.05) is 27.5 Å². The van der Waals surface area contributed by atoms with E-state index in [2.05, 4.69) is 54.3 Å². The van der Waals surface area contributed by atoms with Crippen molar-refractivity contribution >= 4 is 34.5 Å². The lowest BCUT2D eigenvalue weighted by Crippen LogP contribution is -2.31. The summed E-state index contributed by atoms with van der Waals surface area (Å²) in [4.78, 5) is 17.7. The van der Waals surface area contributed by atoms with Gasteiger partial charge in [-0.1, -0.05) is 23.4 Å². The molecule has 0 saturated carbocycles. The molecule has 0 fully saturated rings. The average molecular weight is 492 g/mol. The molecule has 11 nitrogen and oxygen atoms in total. The van der Waals surface area contributed by atoms with Gasteiger partial charge in [-0.15, -0.1) is 16.4 Å². The van der Waals surface area contributed by atoms with Crippen molar-refractivity contribution in [2.24, 2.45) is 5.10 Å². The fourth-order valence-corrected chi connectivity index (χ4v) is 5.30. The van der Waals surface area contributed by atoms with Crippen molar-refractivity contribution in [2.45, 2.75) is 40.2 Å². The first-order valence-corrected chi connectivity index (χ1v) is 12.0. The summed E-state index contributed by atoms with van der Waals surface area (Å²) in [6.45, 7) is 7.12. The topological polar surface area (TPSA) is 140 Å². The van der Waals surface area contributed by atoms with Gasteiger partial charge in [0.25, 0.3) is 5.91 Å². The monoisotopic (exact) mass is 491 g/mol. The summed E-state index contributed by atoms with van der Waals surface area (Å²) in [5.74, 6) is -0.240. The Morgan fingerprint density at radius 2 is 2.11 bits per heavy atom. The zero-order valence-electron chi connectivity index (χ0n) is 19.6. The normalized spacial score (nSPS) is 13.7. The smallest absolute Gasteiger partial charge is 0.293 e. The highest BCUT2D eigenvalue weighted by molar-refractivity contribution is 7.12. The Bertz CT molecular complexity index is 1420. The molecule has 1 aliphatic heterocycles. The number of hydrazone groups is 1. The van der Waals surface area contributed by atoms with Gasteiger partial charge in [0.05, 0.1) is 18.0 Å². The van der Waals surface area contributed by atoms with Crippen LogP contribution in [0.15, 0.2) is 40.1 Å². The Kier molecular flexibility index (Phi) is 6.03. The second-order valence-corrected chi connectivity index (χ2v) is 9.85. The van der Waals surface area contributed by atoms with Crippen LogP contribution in [0.3, 0.4) is 0 Å². The zero-order valence-corrected chi connectivity index (χ0v) is 20.5. The van der Waals surface area contributed by atoms with Crippen molar-refractivity contribution < 1.29 is 9.42 Å². The maximum atomic E-state index is 13.2. The van der Waals surface area contributed by atoms with E-state index >= 15 is 0 Å². The highest BCUT2D eigenvalue weighted by Crippen LogP contribution is 2.29. The van der Waals surface area contributed by atoms with Crippen LogP contribution in [-0.2, 0) is 13.0 Å². The molecule has 0 spiro atoms. The van der Waals surface area contributed by atoms with Crippen molar-refractivity contribution in [1.29, 1.82) is 0 Å². The fraction of sp³-hybridized carbons (Fsp3) is 0.304. The Morgan fingerprint density at radius 1 is 1.29 bits per heavy atom. The summed E-state index contributed by atoms with van der Waals surface area (Å²) in [5.41, 5.74) is 13.3. The zero-order chi connectivity index (χ0) is 24.5. The molecule has 3 aromatic heterocycles. The van der Waals surface area contributed by atoms with Crippen LogP contribution in [0.25, 0.3) is 5.82 Å². The van der Waals surface area contributed by atoms with Crippen molar-refractivity contribution in [2.75, 3.05) is 17.2 Å². The standard InChI is InChI=1S/C23H25N9O2S/c1-13-11-17(15(3)35-13)14(2)25-27-23(33)20-19(32(30-26-20)22-21(24)28-34-29-22)12-31-10-6-8-16-7-4-5-9-18(16)31/h4-5,7,9,11H,6,8,10,12H2,1-3H3,(H2,24,28)(H,27,33). The maximum absolute atomic E-state index is 13.2. The van der Waals surface area contributed by atoms with Gasteiger partial charge in [-0.3, -0.25) is 4.79 Å². The number of hydrogen-bond acceptors (Lipinski definition) is 10. The summed E-state index contributed by atoms with van der Waals surface area (Å²) in [5, 5.41) is 20.1. The summed E-state index contributed by atoms with van der Waals surface area (Å²) in [6.07, 6.45) is 2.00. The molecule has 0 atom stereocenters. The first kappa shape index (κ1) is 22.7. The van der Waals surface area contributed by atoms with Crippen molar-refractivity contribution in [3.63, 3.8) is 0 Å². The molecular formula is C23H25N9O2S. The van der Waals surface area contributed by atoms with Gasteiger partial charge in [0.15, 0.2) is 5.69 Å². The van der Waals surface area contributed by atoms with Gasteiger partial charge in [-0.25, -0.2) is 10.1 Å². The average Bonchev–Trinajstić information content (AvgIpc) is 3.55. The first-order valence-electron chi connectivity index (χ1n) is 11.2. The van der Waals surface area contributed by atoms with Crippen LogP contribution in [0, 0.1) is 13.8 Å². The summed E-state index contributed by atoms with van der Waals surface area (Å²) in [7, 11) is 0. The van der Waals surface area contributed by atoms with Gasteiger partial charge in [-0.05, 0) is 61.6 Å². The SMILES string of the molecule is CC(=NNC(=O)c1nnn(-c2nonc2N)c1CN1CCCc2ccccc21)c1cc(C)sc1C. The largest absolute Gasteiger partial charge is 0.378 e. The quantitative estimate of drug-likeness (QED) is 0.310. The Morgan fingerprint density at radius 3 is 2.86 bits per heavy atom. The van der Waals surface area contributed by atoms with Crippen LogP contribution in [0.5, 0.6) is 0 Å². The Labute approximate surface area is 205 Å². The van der Waals surface area contributed by atoms with E-state index in [1.807, 2.05) is 32.9 Å². The minimum absolute atomic E-state index is 0.0549. The van der Waals surface area contributed by atoms with Gasteiger partial charge in [-0.2, -0.15) is 9.78 Å². The molecule has 0 bridgehead atoms. The number of para-hydroxylation sites is 1. The lowest BCUT2D eigenvalue weighted by atomic mass is 10.0. The lowest BCUT2D eigenvalue weighted by molar-refractivity contribution is 0.0948. The molecule has 4 aromatic rings. The molecule has 12 heteroatoms. The van der Waals surface area contributed by atoms with E-state index in [9.17, 15) is 4.79 Å². The number of aromatic nitrogens is 5. The molecular weight excluding hydrogens is 466 g/mol. The van der Waals surface area contributed by atoms with E-state index in [0.717, 1.165) is 35.5 Å². The molecule has 0 aliphatic carbocycles. The number of carbonyl (C=O) groups is 1. The molecule has 35 heavy (non-hydrogen) atoms. The molecule has 0 radical (unpaired) electrons. The number of hydrogen-bond donors (Lipinski definition) is 2. The fourth-order valence-electron chi connectivity index (χ4n) is 4.32. The number of anilines is 2. The summed E-state index contributed by atoms with van der Waals surface area (Å²) in [6, 6.07) is 10.3. The van der Waals surface area contributed by atoms with Gasteiger partial charge in [0.1, 0.15) is 0 Å². The van der Waals surface area contributed by atoms with E-state index in [1.54, 1.807) is 11.3 Å². The summed E-state index contributed by atoms with van der Waals surface area (Å²) >= 11 is 1.69. The lowest BCUT2D eigenvalue weighted by Gasteiger charge is -2.31. The predicted molar refractivity (Wildman–Crippen MR) is 133 cm³/mol. The molecule has 180 valence electrons. The number of nitrogens with one attached hydrogen (secondary N) is 1. The number of rotatable bonds is 6. The number of aryl methyl sites for hydroxylation is 3. The van der Waals surface area contributed by atoms with Crippen LogP contribution in [0.2, 0.25) is 0 Å². The van der Waals surface area contributed by atoms with Gasteiger partial charge in [0.2, 0.25) is 11.6 Å². The number of nitrogens with zero attached hydrogens (tertiary/aromatic N) is 7. The number of nitrogen functional groups attached to an aromatic ring is 1. The van der Waals surface area contributed by atoms with Gasteiger partial charge >= 0.3 is 0 Å². The second-order valence-electron chi connectivity index (χ2n) is 8.39.